The van der Waals surface area contributed by atoms with Gasteiger partial charge >= 0.3 is 0 Å². The first kappa shape index (κ1) is 14.2. The van der Waals surface area contributed by atoms with E-state index in [0.29, 0.717) is 0 Å². The molecule has 0 heterocycles. The number of rotatable bonds is 0. The fraction of sp³-hybridized carbons (Fsp3) is 0.286. The minimum atomic E-state index is 0. The Morgan fingerprint density at radius 1 is 0.800 bits per heavy atom. The summed E-state index contributed by atoms with van der Waals surface area (Å²) in [5, 5.41) is 0. The van der Waals surface area contributed by atoms with Crippen molar-refractivity contribution >= 4 is 0 Å². The molecule has 0 N–H and O–H groups in total. The Kier molecular flexibility index (Phi) is 6.31. The van der Waals surface area contributed by atoms with Crippen LogP contribution in [0.2, 0.25) is 0 Å². The number of hydrogen-bond donors (Lipinski definition) is 0. The van der Waals surface area contributed by atoms with E-state index in [1.54, 1.807) is 0 Å². The van der Waals surface area contributed by atoms with Gasteiger partial charge < -0.3 is 28.8 Å². The first-order valence-electron chi connectivity index (χ1n) is 4.98. The smallest absolute Gasteiger partial charge is 0 e. The molecule has 0 saturated carbocycles. The Morgan fingerprint density at radius 3 is 1.33 bits per heavy atom. The summed E-state index contributed by atoms with van der Waals surface area (Å²) < 4.78 is 0. The molecule has 15 heavy (non-hydrogen) atoms. The van der Waals surface area contributed by atoms with Crippen LogP contribution < -0.4 is 0 Å². The largest absolute Gasteiger partial charge is 0.743 e. The zero-order valence-electron chi connectivity index (χ0n) is 9.82. The van der Waals surface area contributed by atoms with E-state index in [0.717, 1.165) is 0 Å². The Labute approximate surface area is 104 Å². The molecule has 2 rings (SSSR count). The van der Waals surface area contributed by atoms with Crippen molar-refractivity contribution in [3.63, 3.8) is 0 Å². The summed E-state index contributed by atoms with van der Waals surface area (Å²) in [5.41, 5.74) is 5.53. The zero-order valence-corrected chi connectivity index (χ0v) is 10.9. The van der Waals surface area contributed by atoms with Crippen LogP contribution in [0.3, 0.4) is 0 Å². The average molecular weight is 242 g/mol. The minimum absolute atomic E-state index is 0. The zero-order chi connectivity index (χ0) is 10.6. The molecule has 2 aromatic rings. The number of hydrogen-bond acceptors (Lipinski definition) is 0. The summed E-state index contributed by atoms with van der Waals surface area (Å²) in [4.78, 5) is 0. The molecule has 0 radical (unpaired) electrons. The summed E-state index contributed by atoms with van der Waals surface area (Å²) in [6, 6.07) is 12.6. The molecule has 0 saturated heterocycles. The van der Waals surface area contributed by atoms with E-state index < -0.39 is 0 Å². The van der Waals surface area contributed by atoms with Crippen molar-refractivity contribution in [3.8, 4) is 0 Å². The van der Waals surface area contributed by atoms with Gasteiger partial charge in [-0.15, -0.1) is 0 Å². The van der Waals surface area contributed by atoms with E-state index in [2.05, 4.69) is 52.0 Å². The second-order valence-electron chi connectivity index (χ2n) is 3.86. The molecule has 0 unspecified atom stereocenters. The monoisotopic (exact) mass is 242 g/mol. The third kappa shape index (κ3) is 5.01. The van der Waals surface area contributed by atoms with Gasteiger partial charge in [-0.2, -0.15) is 17.7 Å². The molecule has 88 valence electrons. The second-order valence-corrected chi connectivity index (χ2v) is 3.86. The van der Waals surface area contributed by atoms with Crippen molar-refractivity contribution in [2.45, 2.75) is 27.7 Å². The van der Waals surface area contributed by atoms with E-state index in [9.17, 15) is 0 Å². The van der Waals surface area contributed by atoms with Crippen LogP contribution in [0.1, 0.15) is 22.3 Å². The van der Waals surface area contributed by atoms with Crippen LogP contribution in [0, 0.1) is 27.7 Å². The van der Waals surface area contributed by atoms with Gasteiger partial charge in [0.1, 0.15) is 0 Å². The summed E-state index contributed by atoms with van der Waals surface area (Å²) in [6.45, 7) is 8.49. The van der Waals surface area contributed by atoms with Gasteiger partial charge in [0.25, 0.3) is 0 Å². The number of aryl methyl sites for hydroxylation is 4. The van der Waals surface area contributed by atoms with Crippen molar-refractivity contribution in [2.75, 3.05) is 0 Å². The molecule has 0 bridgehead atoms. The Balaban J connectivity index is 0.000000253. The van der Waals surface area contributed by atoms with Crippen molar-refractivity contribution < 1.29 is 17.1 Å². The average Bonchev–Trinajstić information content (AvgIpc) is 2.65. The van der Waals surface area contributed by atoms with Gasteiger partial charge in [0.2, 0.25) is 0 Å². The molecular weight excluding hydrogens is 224 g/mol. The van der Waals surface area contributed by atoms with Crippen LogP contribution in [-0.4, -0.2) is 0 Å². The van der Waals surface area contributed by atoms with Gasteiger partial charge in [-0.25, -0.2) is 32.9 Å². The first-order chi connectivity index (χ1) is 6.59. The van der Waals surface area contributed by atoms with Gasteiger partial charge in [0, 0.05) is 17.1 Å². The van der Waals surface area contributed by atoms with Crippen LogP contribution in [-0.2, 0) is 17.1 Å². The molecule has 0 aliphatic rings. The third-order valence-corrected chi connectivity index (χ3v) is 2.34. The normalized spacial score (nSPS) is 8.80. The molecule has 0 amide bonds. The van der Waals surface area contributed by atoms with Crippen molar-refractivity contribution in [1.29, 1.82) is 0 Å². The molecule has 0 aliphatic heterocycles. The van der Waals surface area contributed by atoms with Crippen LogP contribution in [0.4, 0.5) is 0 Å². The van der Waals surface area contributed by atoms with Gasteiger partial charge in [0.15, 0.2) is 0 Å². The topological polar surface area (TPSA) is 0 Å². The maximum atomic E-state index is 2.20. The summed E-state index contributed by atoms with van der Waals surface area (Å²) in [7, 11) is 0. The fourth-order valence-electron chi connectivity index (χ4n) is 1.42. The molecule has 0 aromatic heterocycles. The van der Waals surface area contributed by atoms with Gasteiger partial charge in [0.05, 0.1) is 0 Å². The molecule has 0 aliphatic carbocycles. The van der Waals surface area contributed by atoms with Crippen LogP contribution in [0.5, 0.6) is 0 Å². The predicted molar refractivity (Wildman–Crippen MR) is 63.0 cm³/mol. The van der Waals surface area contributed by atoms with Crippen LogP contribution in [0.15, 0.2) is 36.4 Å². The summed E-state index contributed by atoms with van der Waals surface area (Å²) >= 11 is 0. The van der Waals surface area contributed by atoms with E-state index >= 15 is 0 Å². The Bertz CT molecular complexity index is 346. The van der Waals surface area contributed by atoms with Crippen LogP contribution >= 0.6 is 0 Å². The third-order valence-electron chi connectivity index (χ3n) is 2.34. The van der Waals surface area contributed by atoms with E-state index in [4.69, 9.17) is 0 Å². The van der Waals surface area contributed by atoms with Gasteiger partial charge in [-0.1, -0.05) is 6.92 Å². The fourth-order valence-corrected chi connectivity index (χ4v) is 1.42. The first-order valence-corrected chi connectivity index (χ1v) is 4.98. The molecular formula is C14H18Fe-6. The molecule has 0 fully saturated rings. The molecule has 0 atom stereocenters. The van der Waals surface area contributed by atoms with E-state index in [1.807, 2.05) is 12.1 Å². The second kappa shape index (κ2) is 6.66. The Morgan fingerprint density at radius 2 is 1.20 bits per heavy atom. The maximum absolute atomic E-state index is 2.20. The van der Waals surface area contributed by atoms with E-state index in [1.165, 1.54) is 22.3 Å². The quantitative estimate of drug-likeness (QED) is 0.483. The van der Waals surface area contributed by atoms with Gasteiger partial charge in [-0.3, -0.25) is 0 Å². The SMILES string of the molecule is C[c-]1[cH-][c-](C)[c-](C)[cH-]1.C[c-]1cccc1.[Fe]. The van der Waals surface area contributed by atoms with Crippen molar-refractivity contribution in [2.24, 2.45) is 0 Å². The van der Waals surface area contributed by atoms with Crippen molar-refractivity contribution in [3.05, 3.63) is 58.7 Å². The maximum Gasteiger partial charge on any atom is 0 e. The van der Waals surface area contributed by atoms with Gasteiger partial charge in [-0.05, 0) is 0 Å². The molecule has 1 heteroatoms. The van der Waals surface area contributed by atoms with E-state index in [-0.39, 0.29) is 17.1 Å². The molecule has 0 nitrogen and oxygen atoms in total. The molecule has 2 aromatic carbocycles. The van der Waals surface area contributed by atoms with Crippen molar-refractivity contribution in [1.82, 2.24) is 0 Å². The summed E-state index contributed by atoms with van der Waals surface area (Å²) in [5.74, 6) is 0. The minimum Gasteiger partial charge on any atom is -0.743 e. The predicted octanol–water partition coefficient (Wildman–Crippen LogP) is 4.04. The summed E-state index contributed by atoms with van der Waals surface area (Å²) in [6.07, 6.45) is 0. The Hall–Kier alpha value is -0.781. The van der Waals surface area contributed by atoms with Crippen LogP contribution in [0.25, 0.3) is 0 Å². The molecule has 0 spiro atoms. The standard InChI is InChI=1S/C8H11.C6H7.Fe/c1-6-4-7(2)8(3)5-6;1-6-4-2-3-5-6;/h4-5H,1-3H3;2-5H,1H3;/q-5;-1;.